The first-order chi connectivity index (χ1) is 13.1. The second kappa shape index (κ2) is 6.90. The van der Waals surface area contributed by atoms with Crippen LogP contribution in [0.3, 0.4) is 0 Å². The van der Waals surface area contributed by atoms with Gasteiger partial charge in [-0.05, 0) is 48.9 Å². The molecular weight excluding hydrogens is 344 g/mol. The molecule has 0 atom stereocenters. The fourth-order valence-corrected chi connectivity index (χ4v) is 3.44. The van der Waals surface area contributed by atoms with E-state index in [0.717, 1.165) is 35.1 Å². The number of hydrogen-bond acceptors (Lipinski definition) is 5. The topological polar surface area (TPSA) is 103 Å². The Morgan fingerprint density at radius 1 is 1.37 bits per heavy atom. The second-order valence-electron chi connectivity index (χ2n) is 6.93. The highest BCUT2D eigenvalue weighted by atomic mass is 16.5. The summed E-state index contributed by atoms with van der Waals surface area (Å²) in [6.07, 6.45) is 5.07. The summed E-state index contributed by atoms with van der Waals surface area (Å²) in [6, 6.07) is 7.14. The van der Waals surface area contributed by atoms with Crippen molar-refractivity contribution in [1.82, 2.24) is 14.8 Å². The van der Waals surface area contributed by atoms with E-state index in [-0.39, 0.29) is 11.7 Å². The number of methoxy groups -OCH3 is 1. The summed E-state index contributed by atoms with van der Waals surface area (Å²) in [5.74, 6) is 0.941. The molecule has 140 valence electrons. The molecule has 2 heterocycles. The predicted molar refractivity (Wildman–Crippen MR) is 102 cm³/mol. The minimum Gasteiger partial charge on any atom is -0.508 e. The molecule has 0 bridgehead atoms. The van der Waals surface area contributed by atoms with Crippen molar-refractivity contribution in [3.05, 3.63) is 36.0 Å². The van der Waals surface area contributed by atoms with Gasteiger partial charge < -0.3 is 15.6 Å². The minimum atomic E-state index is -0.297. The zero-order valence-electron chi connectivity index (χ0n) is 15.2. The summed E-state index contributed by atoms with van der Waals surface area (Å²) in [5, 5.41) is 14.2. The van der Waals surface area contributed by atoms with Gasteiger partial charge in [-0.25, -0.2) is 4.98 Å². The van der Waals surface area contributed by atoms with Gasteiger partial charge in [0.05, 0.1) is 24.5 Å². The number of carbonyl (C=O) groups is 1. The summed E-state index contributed by atoms with van der Waals surface area (Å²) >= 11 is 0. The van der Waals surface area contributed by atoms with Crippen LogP contribution in [-0.2, 0) is 11.3 Å². The molecule has 27 heavy (non-hydrogen) atoms. The SMILES string of the molecule is COc1cc(O)ccc1-c1cc(C2CC2)c2c(cnn2CCCC(N)=O)n1. The molecule has 7 heteroatoms. The number of aromatic nitrogens is 3. The van der Waals surface area contributed by atoms with Crippen molar-refractivity contribution < 1.29 is 14.6 Å². The van der Waals surface area contributed by atoms with E-state index in [2.05, 4.69) is 11.2 Å². The largest absolute Gasteiger partial charge is 0.508 e. The quantitative estimate of drug-likeness (QED) is 0.669. The number of benzene rings is 1. The Bertz CT molecular complexity index is 1010. The van der Waals surface area contributed by atoms with Gasteiger partial charge in [0.1, 0.15) is 17.0 Å². The zero-order valence-corrected chi connectivity index (χ0v) is 15.2. The maximum Gasteiger partial charge on any atom is 0.217 e. The van der Waals surface area contributed by atoms with Crippen molar-refractivity contribution >= 4 is 16.9 Å². The molecule has 0 spiro atoms. The van der Waals surface area contributed by atoms with Crippen LogP contribution in [0.1, 0.15) is 37.2 Å². The van der Waals surface area contributed by atoms with E-state index in [1.54, 1.807) is 25.4 Å². The Kier molecular flexibility index (Phi) is 4.43. The summed E-state index contributed by atoms with van der Waals surface area (Å²) in [7, 11) is 1.58. The van der Waals surface area contributed by atoms with Crippen molar-refractivity contribution in [2.75, 3.05) is 7.11 Å². The van der Waals surface area contributed by atoms with Gasteiger partial charge in [-0.15, -0.1) is 0 Å². The summed E-state index contributed by atoms with van der Waals surface area (Å²) in [5.41, 5.74) is 9.96. The average Bonchev–Trinajstić information content (AvgIpc) is 3.42. The van der Waals surface area contributed by atoms with Crippen molar-refractivity contribution in [3.8, 4) is 22.8 Å². The number of aryl methyl sites for hydroxylation is 1. The van der Waals surface area contributed by atoms with E-state index in [1.807, 2.05) is 10.7 Å². The highest BCUT2D eigenvalue weighted by Gasteiger charge is 2.28. The molecule has 1 aliphatic carbocycles. The summed E-state index contributed by atoms with van der Waals surface area (Å²) < 4.78 is 7.35. The van der Waals surface area contributed by atoms with Crippen LogP contribution in [-0.4, -0.2) is 32.9 Å². The number of nitrogens with zero attached hydrogens (tertiary/aromatic N) is 3. The van der Waals surface area contributed by atoms with E-state index in [1.165, 1.54) is 5.56 Å². The molecule has 4 rings (SSSR count). The number of ether oxygens (including phenoxy) is 1. The highest BCUT2D eigenvalue weighted by molar-refractivity contribution is 5.84. The van der Waals surface area contributed by atoms with Crippen LogP contribution < -0.4 is 10.5 Å². The highest BCUT2D eigenvalue weighted by Crippen LogP contribution is 2.45. The first kappa shape index (κ1) is 17.3. The molecule has 1 amide bonds. The molecule has 3 N–H and O–H groups in total. The molecule has 1 saturated carbocycles. The van der Waals surface area contributed by atoms with Crippen LogP contribution in [0.2, 0.25) is 0 Å². The Labute approximate surface area is 156 Å². The summed E-state index contributed by atoms with van der Waals surface area (Å²) in [4.78, 5) is 15.8. The second-order valence-corrected chi connectivity index (χ2v) is 6.93. The third-order valence-electron chi connectivity index (χ3n) is 4.90. The van der Waals surface area contributed by atoms with E-state index < -0.39 is 0 Å². The number of primary amides is 1. The van der Waals surface area contributed by atoms with Crippen LogP contribution in [0.25, 0.3) is 22.3 Å². The molecule has 0 radical (unpaired) electrons. The lowest BCUT2D eigenvalue weighted by Crippen LogP contribution is -2.12. The number of phenolic OH excluding ortho intramolecular Hbond substituents is 1. The number of aromatic hydroxyl groups is 1. The molecule has 0 saturated heterocycles. The third-order valence-corrected chi connectivity index (χ3v) is 4.90. The number of nitrogens with two attached hydrogens (primary N) is 1. The standard InChI is InChI=1S/C20H22N4O3/c1-27-18-9-13(25)6-7-14(18)16-10-15(12-4-5-12)20-17(23-16)11-22-24(20)8-2-3-19(21)26/h6-7,9-12,25H,2-5,8H2,1H3,(H2,21,26). The summed E-state index contributed by atoms with van der Waals surface area (Å²) in [6.45, 7) is 0.635. The average molecular weight is 366 g/mol. The Hall–Kier alpha value is -3.09. The third kappa shape index (κ3) is 3.45. The lowest BCUT2D eigenvalue weighted by atomic mass is 10.0. The number of phenols is 1. The van der Waals surface area contributed by atoms with Crippen LogP contribution in [0, 0.1) is 0 Å². The molecule has 0 aliphatic heterocycles. The molecule has 3 aromatic rings. The lowest BCUT2D eigenvalue weighted by Gasteiger charge is -2.12. The fraction of sp³-hybridized carbons (Fsp3) is 0.350. The van der Waals surface area contributed by atoms with Gasteiger partial charge in [0, 0.05) is 24.6 Å². The smallest absolute Gasteiger partial charge is 0.217 e. The molecule has 1 aliphatic rings. The maximum atomic E-state index is 11.0. The monoisotopic (exact) mass is 366 g/mol. The Morgan fingerprint density at radius 2 is 2.19 bits per heavy atom. The molecule has 0 unspecified atom stereocenters. The molecule has 1 aromatic carbocycles. The normalized spacial score (nSPS) is 13.8. The Balaban J connectivity index is 1.78. The minimum absolute atomic E-state index is 0.154. The van der Waals surface area contributed by atoms with E-state index in [9.17, 15) is 9.90 Å². The van der Waals surface area contributed by atoms with Gasteiger partial charge in [0.25, 0.3) is 0 Å². The number of rotatable bonds is 7. The van der Waals surface area contributed by atoms with E-state index in [0.29, 0.717) is 31.1 Å². The first-order valence-corrected chi connectivity index (χ1v) is 9.09. The van der Waals surface area contributed by atoms with Gasteiger partial charge in [-0.2, -0.15) is 5.10 Å². The fourth-order valence-electron chi connectivity index (χ4n) is 3.44. The molecule has 7 nitrogen and oxygen atoms in total. The van der Waals surface area contributed by atoms with Crippen LogP contribution in [0.5, 0.6) is 11.5 Å². The first-order valence-electron chi connectivity index (χ1n) is 9.09. The molecule has 2 aromatic heterocycles. The van der Waals surface area contributed by atoms with E-state index >= 15 is 0 Å². The van der Waals surface area contributed by atoms with Crippen molar-refractivity contribution in [3.63, 3.8) is 0 Å². The van der Waals surface area contributed by atoms with Gasteiger partial charge in [0.2, 0.25) is 5.91 Å². The van der Waals surface area contributed by atoms with Crippen LogP contribution >= 0.6 is 0 Å². The van der Waals surface area contributed by atoms with Crippen molar-refractivity contribution in [2.45, 2.75) is 38.1 Å². The number of fused-ring (bicyclic) bond motifs is 1. The van der Waals surface area contributed by atoms with Crippen LogP contribution in [0.4, 0.5) is 0 Å². The van der Waals surface area contributed by atoms with Gasteiger partial charge in [0.15, 0.2) is 0 Å². The number of carbonyl (C=O) groups excluding carboxylic acids is 1. The Morgan fingerprint density at radius 3 is 2.89 bits per heavy atom. The molecule has 1 fully saturated rings. The van der Waals surface area contributed by atoms with Crippen LogP contribution in [0.15, 0.2) is 30.5 Å². The number of hydrogen-bond donors (Lipinski definition) is 2. The number of amides is 1. The van der Waals surface area contributed by atoms with Crippen molar-refractivity contribution in [1.29, 1.82) is 0 Å². The zero-order chi connectivity index (χ0) is 19.0. The van der Waals surface area contributed by atoms with Crippen molar-refractivity contribution in [2.24, 2.45) is 5.73 Å². The van der Waals surface area contributed by atoms with Gasteiger partial charge in [-0.3, -0.25) is 9.48 Å². The van der Waals surface area contributed by atoms with Gasteiger partial charge in [-0.1, -0.05) is 0 Å². The van der Waals surface area contributed by atoms with Gasteiger partial charge >= 0.3 is 0 Å². The lowest BCUT2D eigenvalue weighted by molar-refractivity contribution is -0.118. The molecular formula is C20H22N4O3. The number of pyridine rings is 1. The maximum absolute atomic E-state index is 11.0. The predicted octanol–water partition coefficient (Wildman–Crippen LogP) is 2.96. The van der Waals surface area contributed by atoms with E-state index in [4.69, 9.17) is 15.5 Å².